The van der Waals surface area contributed by atoms with Crippen molar-refractivity contribution >= 4 is 34.2 Å². The number of ketones is 3. The van der Waals surface area contributed by atoms with Gasteiger partial charge in [-0.3, -0.25) is 19.2 Å². The number of nitrogens with zero attached hydrogens (tertiary/aromatic N) is 2. The molecule has 1 aliphatic heterocycles. The molecule has 0 amide bonds. The zero-order valence-electron chi connectivity index (χ0n) is 33.4. The number of rotatable bonds is 9. The SMILES string of the molecule is CC(Cc1nc(-c2ccccc2)nc2ccccc12)C(=O)O.COc1cccc2c1C(=O)c1c(O)c3c(c(O)c1C2=O)C[C@@](O)(C(=O)CO)C[C@@H]3O[C@H]1C[C@H](N)[C@H](O)[C@H](C)O1. The first kappa shape index (κ1) is 43.0. The van der Waals surface area contributed by atoms with Crippen molar-refractivity contribution in [3.63, 3.8) is 0 Å². The molecule has 16 heteroatoms. The third-order valence-corrected chi connectivity index (χ3v) is 11.4. The number of hydrogen-bond donors (Lipinski definition) is 7. The number of phenolic OH excluding ortho intramolecular Hbond substituents is 2. The van der Waals surface area contributed by atoms with E-state index in [9.17, 15) is 44.7 Å². The zero-order valence-corrected chi connectivity index (χ0v) is 33.4. The molecular formula is C45H45N3O13. The number of benzene rings is 4. The van der Waals surface area contributed by atoms with Gasteiger partial charge in [0.05, 0.1) is 59.2 Å². The van der Waals surface area contributed by atoms with E-state index in [1.54, 1.807) is 13.8 Å². The third kappa shape index (κ3) is 7.96. The predicted molar refractivity (Wildman–Crippen MR) is 217 cm³/mol. The monoisotopic (exact) mass is 835 g/mol. The summed E-state index contributed by atoms with van der Waals surface area (Å²) >= 11 is 0. The molecule has 4 aromatic carbocycles. The Kier molecular flexibility index (Phi) is 12.0. The molecule has 8 rings (SSSR count). The number of fused-ring (bicyclic) bond motifs is 4. The summed E-state index contributed by atoms with van der Waals surface area (Å²) in [5.74, 6) is -4.44. The smallest absolute Gasteiger partial charge is 0.306 e. The number of hydrogen-bond acceptors (Lipinski definition) is 15. The number of aliphatic hydroxyl groups is 3. The van der Waals surface area contributed by atoms with Crippen molar-refractivity contribution < 1.29 is 64.0 Å². The average molecular weight is 836 g/mol. The van der Waals surface area contributed by atoms with Crippen molar-refractivity contribution in [1.82, 2.24) is 9.97 Å². The van der Waals surface area contributed by atoms with E-state index >= 15 is 0 Å². The van der Waals surface area contributed by atoms with Crippen molar-refractivity contribution in [2.45, 2.75) is 75.8 Å². The van der Waals surface area contributed by atoms with Crippen LogP contribution in [-0.4, -0.2) is 108 Å². The second-order valence-electron chi connectivity index (χ2n) is 15.5. The molecule has 3 aliphatic rings. The van der Waals surface area contributed by atoms with Crippen LogP contribution < -0.4 is 10.5 Å². The van der Waals surface area contributed by atoms with Crippen LogP contribution in [0.5, 0.6) is 17.2 Å². The Morgan fingerprint density at radius 1 is 0.951 bits per heavy atom. The van der Waals surface area contributed by atoms with E-state index in [2.05, 4.69) is 9.97 Å². The van der Waals surface area contributed by atoms with Crippen molar-refractivity contribution in [2.75, 3.05) is 13.7 Å². The molecule has 0 saturated carbocycles. The number of aliphatic carboxylic acids is 1. The molecule has 1 saturated heterocycles. The van der Waals surface area contributed by atoms with Crippen LogP contribution in [0.3, 0.4) is 0 Å². The zero-order chi connectivity index (χ0) is 43.9. The van der Waals surface area contributed by atoms with Gasteiger partial charge in [0.2, 0.25) is 5.78 Å². The highest BCUT2D eigenvalue weighted by atomic mass is 16.7. The van der Waals surface area contributed by atoms with E-state index in [0.29, 0.717) is 12.2 Å². The van der Waals surface area contributed by atoms with E-state index in [1.807, 2.05) is 54.6 Å². The summed E-state index contributed by atoms with van der Waals surface area (Å²) < 4.78 is 17.0. The Hall–Kier alpha value is -6.14. The molecule has 0 radical (unpaired) electrons. The summed E-state index contributed by atoms with van der Waals surface area (Å²) in [7, 11) is 1.32. The van der Waals surface area contributed by atoms with Gasteiger partial charge in [0.25, 0.3) is 0 Å². The molecule has 2 heterocycles. The first-order valence-electron chi connectivity index (χ1n) is 19.6. The molecule has 1 unspecified atom stereocenters. The van der Waals surface area contributed by atoms with Crippen LogP contribution >= 0.6 is 0 Å². The molecule has 318 valence electrons. The lowest BCUT2D eigenvalue weighted by atomic mass is 9.72. The van der Waals surface area contributed by atoms with E-state index < -0.39 is 108 Å². The largest absolute Gasteiger partial charge is 0.507 e. The van der Waals surface area contributed by atoms with Crippen LogP contribution in [0.4, 0.5) is 0 Å². The number of phenols is 2. The number of aromatic nitrogens is 2. The summed E-state index contributed by atoms with van der Waals surface area (Å²) in [6.07, 6.45) is -4.74. The summed E-state index contributed by atoms with van der Waals surface area (Å²) in [6, 6.07) is 21.1. The maximum atomic E-state index is 13.6. The molecule has 5 aromatic rings. The lowest BCUT2D eigenvalue weighted by Crippen LogP contribution is -2.53. The van der Waals surface area contributed by atoms with Crippen LogP contribution in [0, 0.1) is 5.92 Å². The van der Waals surface area contributed by atoms with Crippen molar-refractivity contribution in [3.05, 3.63) is 112 Å². The van der Waals surface area contributed by atoms with Crippen LogP contribution in [-0.2, 0) is 31.9 Å². The number of ether oxygens (including phenoxy) is 3. The highest BCUT2D eigenvalue weighted by Gasteiger charge is 2.50. The maximum Gasteiger partial charge on any atom is 0.306 e. The van der Waals surface area contributed by atoms with Gasteiger partial charge in [-0.05, 0) is 19.1 Å². The number of para-hydroxylation sites is 1. The average Bonchev–Trinajstić information content (AvgIpc) is 3.25. The highest BCUT2D eigenvalue weighted by Crippen LogP contribution is 2.52. The molecular weight excluding hydrogens is 791 g/mol. The summed E-state index contributed by atoms with van der Waals surface area (Å²) in [6.45, 7) is 2.26. The highest BCUT2D eigenvalue weighted by molar-refractivity contribution is 6.31. The van der Waals surface area contributed by atoms with E-state index in [4.69, 9.17) is 25.1 Å². The van der Waals surface area contributed by atoms with Crippen LogP contribution in [0.25, 0.3) is 22.3 Å². The van der Waals surface area contributed by atoms with Gasteiger partial charge in [-0.25, -0.2) is 9.97 Å². The van der Waals surface area contributed by atoms with Gasteiger partial charge in [0.15, 0.2) is 23.7 Å². The number of Topliss-reactive ketones (excluding diaryl/α,β-unsaturated/α-hetero) is 1. The van der Waals surface area contributed by atoms with Crippen molar-refractivity contribution in [2.24, 2.45) is 11.7 Å². The van der Waals surface area contributed by atoms with Crippen LogP contribution in [0.2, 0.25) is 0 Å². The fourth-order valence-corrected chi connectivity index (χ4v) is 8.14. The maximum absolute atomic E-state index is 13.6. The minimum atomic E-state index is -2.24. The Morgan fingerprint density at radius 3 is 2.31 bits per heavy atom. The standard InChI is InChI=1S/C27H29NO11.C18H16N2O2/c1-10-22(31)13(28)6-17(38-10)39-15-8-27(36,16(30)9-29)7-12-19(15)26(35)21-20(24(12)33)23(32)11-4-3-5-14(37-2)18(11)25(21)34;1-12(18(21)22)11-16-14-9-5-6-10-15(14)19-17(20-16)13-7-3-2-4-8-13/h3-5,10,13,15,17,22,29,31,33,35-36H,6-9,28H2,1-2H3;2-10,12H,11H2,1H3,(H,21,22)/t10-,13-,15-,17-,22+,27-;/m0./s1. The van der Waals surface area contributed by atoms with Crippen molar-refractivity contribution in [3.8, 4) is 28.6 Å². The van der Waals surface area contributed by atoms with Gasteiger partial charge in [0.1, 0.15) is 29.5 Å². The second-order valence-corrected chi connectivity index (χ2v) is 15.5. The third-order valence-electron chi connectivity index (χ3n) is 11.4. The second kappa shape index (κ2) is 17.1. The molecule has 61 heavy (non-hydrogen) atoms. The number of aliphatic hydroxyl groups excluding tert-OH is 2. The van der Waals surface area contributed by atoms with E-state index in [-0.39, 0.29) is 34.4 Å². The van der Waals surface area contributed by atoms with E-state index in [1.165, 1.54) is 25.3 Å². The van der Waals surface area contributed by atoms with Gasteiger partial charge < -0.3 is 50.6 Å². The Labute approximate surface area is 349 Å². The number of carbonyl (C=O) groups is 4. The van der Waals surface area contributed by atoms with Crippen LogP contribution in [0.15, 0.2) is 72.8 Å². The number of nitrogens with two attached hydrogens (primary N) is 1. The number of carbonyl (C=O) groups excluding carboxylic acids is 3. The summed E-state index contributed by atoms with van der Waals surface area (Å²) in [5.41, 5.74) is 4.92. The first-order chi connectivity index (χ1) is 29.1. The molecule has 1 aromatic heterocycles. The number of carboxylic acids is 1. The van der Waals surface area contributed by atoms with Gasteiger partial charge in [0, 0.05) is 59.4 Å². The molecule has 0 spiro atoms. The number of methoxy groups -OCH3 is 1. The van der Waals surface area contributed by atoms with Crippen molar-refractivity contribution in [1.29, 1.82) is 0 Å². The van der Waals surface area contributed by atoms with E-state index in [0.717, 1.165) is 22.2 Å². The fraction of sp³-hybridized carbons (Fsp3) is 0.333. The molecule has 8 N–H and O–H groups in total. The normalized spacial score (nSPS) is 23.5. The lowest BCUT2D eigenvalue weighted by molar-refractivity contribution is -0.247. The first-order valence-corrected chi connectivity index (χ1v) is 19.6. The molecule has 0 bridgehead atoms. The van der Waals surface area contributed by atoms with Gasteiger partial charge >= 0.3 is 5.97 Å². The minimum Gasteiger partial charge on any atom is -0.507 e. The van der Waals surface area contributed by atoms with Gasteiger partial charge in [-0.15, -0.1) is 0 Å². The predicted octanol–water partition coefficient (Wildman–Crippen LogP) is 3.56. The van der Waals surface area contributed by atoms with Crippen LogP contribution in [0.1, 0.15) is 81.5 Å². The molecule has 16 nitrogen and oxygen atoms in total. The molecule has 7 atom stereocenters. The van der Waals surface area contributed by atoms with Gasteiger partial charge in [-0.2, -0.15) is 0 Å². The summed E-state index contributed by atoms with van der Waals surface area (Å²) in [5, 5.41) is 63.8. The Morgan fingerprint density at radius 2 is 1.64 bits per heavy atom. The number of aromatic hydroxyl groups is 2. The molecule has 1 fully saturated rings. The Balaban J connectivity index is 0.000000215. The Bertz CT molecular complexity index is 2540. The van der Waals surface area contributed by atoms with Gasteiger partial charge in [-0.1, -0.05) is 67.6 Å². The summed E-state index contributed by atoms with van der Waals surface area (Å²) in [4.78, 5) is 60.1. The molecule has 2 aliphatic carbocycles. The lowest BCUT2D eigenvalue weighted by Gasteiger charge is -2.42. The quantitative estimate of drug-likeness (QED) is 0.103. The topological polar surface area (TPSA) is 269 Å². The number of carboxylic acid groups (broad SMARTS) is 1. The fourth-order valence-electron chi connectivity index (χ4n) is 8.14. The minimum absolute atomic E-state index is 0.0173.